The Hall–Kier alpha value is -1.26. The molecule has 0 saturated carbocycles. The summed E-state index contributed by atoms with van der Waals surface area (Å²) in [6.45, 7) is 2.84. The summed E-state index contributed by atoms with van der Waals surface area (Å²) in [5, 5.41) is 6.83. The summed E-state index contributed by atoms with van der Waals surface area (Å²) in [6, 6.07) is 5.37. The van der Waals surface area contributed by atoms with Crippen LogP contribution < -0.4 is 10.6 Å². The van der Waals surface area contributed by atoms with Crippen molar-refractivity contribution in [3.63, 3.8) is 0 Å². The van der Waals surface area contributed by atoms with Crippen molar-refractivity contribution in [3.8, 4) is 0 Å². The lowest BCUT2D eigenvalue weighted by molar-refractivity contribution is -0.128. The number of rotatable bonds is 4. The lowest BCUT2D eigenvalue weighted by Gasteiger charge is -2.23. The van der Waals surface area contributed by atoms with E-state index in [1.165, 1.54) is 0 Å². The smallest absolute Gasteiger partial charge is 0.224 e. The second-order valence-corrected chi connectivity index (χ2v) is 6.14. The van der Waals surface area contributed by atoms with Crippen molar-refractivity contribution in [2.75, 3.05) is 13.1 Å². The molecule has 114 valence electrons. The van der Waals surface area contributed by atoms with Crippen molar-refractivity contribution in [2.45, 2.75) is 25.7 Å². The molecule has 2 rings (SSSR count). The summed E-state index contributed by atoms with van der Waals surface area (Å²) in [4.78, 5) is 23.2. The molecule has 1 aromatic rings. The number of hydrogen-bond acceptors (Lipinski definition) is 2. The zero-order valence-corrected chi connectivity index (χ0v) is 13.3. The highest BCUT2D eigenvalue weighted by atomic mass is 35.5. The molecule has 21 heavy (non-hydrogen) atoms. The van der Waals surface area contributed by atoms with Crippen molar-refractivity contribution in [3.05, 3.63) is 33.8 Å². The maximum atomic E-state index is 12.1. The fraction of sp³-hybridized carbons (Fsp3) is 0.467. The van der Waals surface area contributed by atoms with Gasteiger partial charge in [0.2, 0.25) is 11.8 Å². The van der Waals surface area contributed by atoms with Crippen molar-refractivity contribution in [2.24, 2.45) is 5.92 Å². The Morgan fingerprint density at radius 2 is 2.10 bits per heavy atom. The number of nitrogens with one attached hydrogen (secondary N) is 2. The third kappa shape index (κ3) is 4.11. The molecule has 2 N–H and O–H groups in total. The minimum Gasteiger partial charge on any atom is -0.355 e. The number of carbonyl (C=O) groups is 2. The van der Waals surface area contributed by atoms with Crippen molar-refractivity contribution in [1.29, 1.82) is 0 Å². The van der Waals surface area contributed by atoms with Crippen LogP contribution >= 0.6 is 23.2 Å². The van der Waals surface area contributed by atoms with E-state index in [0.717, 1.165) is 5.56 Å². The van der Waals surface area contributed by atoms with Crippen LogP contribution in [-0.4, -0.2) is 24.9 Å². The highest BCUT2D eigenvalue weighted by Gasteiger charge is 2.25. The number of amides is 2. The van der Waals surface area contributed by atoms with E-state index in [2.05, 4.69) is 10.6 Å². The Morgan fingerprint density at radius 1 is 1.43 bits per heavy atom. The normalized spacial score (nSPS) is 19.8. The third-order valence-corrected chi connectivity index (χ3v) is 4.37. The molecule has 0 radical (unpaired) electrons. The van der Waals surface area contributed by atoms with Gasteiger partial charge in [-0.1, -0.05) is 36.2 Å². The molecule has 0 spiro atoms. The first-order chi connectivity index (χ1) is 9.99. The van der Waals surface area contributed by atoms with Gasteiger partial charge in [-0.3, -0.25) is 9.59 Å². The highest BCUT2D eigenvalue weighted by molar-refractivity contribution is 6.36. The molecule has 2 amide bonds. The lowest BCUT2D eigenvalue weighted by atomic mass is 9.97. The molecule has 4 nitrogen and oxygen atoms in total. The standard InChI is InChI=1S/C15H18Cl2N2O2/c1-9(14-11(16)3-2-4-12(14)17)7-19-15(21)10-5-6-13(20)18-8-10/h2-4,9-10H,5-8H2,1H3,(H,18,20)(H,19,21)/t9-,10-/m0/s1. The van der Waals surface area contributed by atoms with E-state index in [0.29, 0.717) is 36.0 Å². The van der Waals surface area contributed by atoms with Gasteiger partial charge in [0, 0.05) is 35.5 Å². The molecular formula is C15H18Cl2N2O2. The van der Waals surface area contributed by atoms with E-state index in [9.17, 15) is 9.59 Å². The van der Waals surface area contributed by atoms with Gasteiger partial charge in [0.25, 0.3) is 0 Å². The Balaban J connectivity index is 1.90. The van der Waals surface area contributed by atoms with E-state index in [1.807, 2.05) is 6.92 Å². The van der Waals surface area contributed by atoms with Gasteiger partial charge in [-0.2, -0.15) is 0 Å². The Labute approximate surface area is 134 Å². The predicted molar refractivity (Wildman–Crippen MR) is 83.6 cm³/mol. The summed E-state index contributed by atoms with van der Waals surface area (Å²) in [6.07, 6.45) is 1.00. The van der Waals surface area contributed by atoms with Crippen LogP contribution in [0.15, 0.2) is 18.2 Å². The number of carbonyl (C=O) groups excluding carboxylic acids is 2. The van der Waals surface area contributed by atoms with Gasteiger partial charge in [0.1, 0.15) is 0 Å². The fourth-order valence-corrected chi connectivity index (χ4v) is 3.21. The van der Waals surface area contributed by atoms with Crippen LogP contribution in [0.1, 0.15) is 31.2 Å². The molecule has 1 aliphatic heterocycles. The first-order valence-corrected chi connectivity index (χ1v) is 7.73. The number of halogens is 2. The van der Waals surface area contributed by atoms with Gasteiger partial charge in [-0.25, -0.2) is 0 Å². The number of piperidine rings is 1. The monoisotopic (exact) mass is 328 g/mol. The van der Waals surface area contributed by atoms with E-state index in [1.54, 1.807) is 18.2 Å². The summed E-state index contributed by atoms with van der Waals surface area (Å²) >= 11 is 12.3. The molecule has 1 aromatic carbocycles. The molecule has 0 aromatic heterocycles. The van der Waals surface area contributed by atoms with E-state index in [4.69, 9.17) is 23.2 Å². The summed E-state index contributed by atoms with van der Waals surface area (Å²) in [5.41, 5.74) is 0.845. The van der Waals surface area contributed by atoms with Crippen LogP contribution in [0.5, 0.6) is 0 Å². The first-order valence-electron chi connectivity index (χ1n) is 6.97. The van der Waals surface area contributed by atoms with Gasteiger partial charge in [0.05, 0.1) is 5.92 Å². The summed E-state index contributed by atoms with van der Waals surface area (Å²) in [5.74, 6) is -0.162. The number of benzene rings is 1. The second kappa shape index (κ2) is 7.14. The quantitative estimate of drug-likeness (QED) is 0.892. The van der Waals surface area contributed by atoms with Crippen LogP contribution in [0.25, 0.3) is 0 Å². The zero-order chi connectivity index (χ0) is 15.4. The molecule has 6 heteroatoms. The van der Waals surface area contributed by atoms with E-state index >= 15 is 0 Å². The third-order valence-electron chi connectivity index (χ3n) is 3.71. The molecule has 2 atom stereocenters. The van der Waals surface area contributed by atoms with Gasteiger partial charge in [-0.15, -0.1) is 0 Å². The molecule has 1 heterocycles. The maximum Gasteiger partial charge on any atom is 0.224 e. The molecule has 0 unspecified atom stereocenters. The minimum atomic E-state index is -0.156. The lowest BCUT2D eigenvalue weighted by Crippen LogP contribution is -2.43. The minimum absolute atomic E-state index is 0.00951. The highest BCUT2D eigenvalue weighted by Crippen LogP contribution is 2.31. The molecule has 1 aliphatic rings. The van der Waals surface area contributed by atoms with Crippen molar-refractivity contribution in [1.82, 2.24) is 10.6 Å². The summed E-state index contributed by atoms with van der Waals surface area (Å²) in [7, 11) is 0. The molecule has 0 bridgehead atoms. The molecule has 0 aliphatic carbocycles. The van der Waals surface area contributed by atoms with Gasteiger partial charge < -0.3 is 10.6 Å². The Kier molecular flexibility index (Phi) is 5.48. The van der Waals surface area contributed by atoms with Gasteiger partial charge in [0.15, 0.2) is 0 Å². The Morgan fingerprint density at radius 3 is 2.67 bits per heavy atom. The predicted octanol–water partition coefficient (Wildman–Crippen LogP) is 2.74. The zero-order valence-electron chi connectivity index (χ0n) is 11.8. The van der Waals surface area contributed by atoms with Gasteiger partial charge in [-0.05, 0) is 24.1 Å². The van der Waals surface area contributed by atoms with Crippen LogP contribution in [0.3, 0.4) is 0 Å². The van der Waals surface area contributed by atoms with E-state index < -0.39 is 0 Å². The average molecular weight is 329 g/mol. The SMILES string of the molecule is C[C@@H](CNC(=O)[C@H]1CCC(=O)NC1)c1c(Cl)cccc1Cl. The average Bonchev–Trinajstić information content (AvgIpc) is 2.45. The van der Waals surface area contributed by atoms with Gasteiger partial charge >= 0.3 is 0 Å². The van der Waals surface area contributed by atoms with Crippen LogP contribution in [-0.2, 0) is 9.59 Å². The summed E-state index contributed by atoms with van der Waals surface area (Å²) < 4.78 is 0. The first kappa shape index (κ1) is 16.1. The van der Waals surface area contributed by atoms with E-state index in [-0.39, 0.29) is 23.7 Å². The number of hydrogen-bond donors (Lipinski definition) is 2. The fourth-order valence-electron chi connectivity index (χ4n) is 2.44. The second-order valence-electron chi connectivity index (χ2n) is 5.32. The topological polar surface area (TPSA) is 58.2 Å². The molecule has 1 fully saturated rings. The van der Waals surface area contributed by atoms with Crippen LogP contribution in [0.2, 0.25) is 10.0 Å². The van der Waals surface area contributed by atoms with Crippen LogP contribution in [0.4, 0.5) is 0 Å². The van der Waals surface area contributed by atoms with Crippen molar-refractivity contribution >= 4 is 35.0 Å². The van der Waals surface area contributed by atoms with Crippen LogP contribution in [0, 0.1) is 5.92 Å². The van der Waals surface area contributed by atoms with Crippen molar-refractivity contribution < 1.29 is 9.59 Å². The molecular weight excluding hydrogens is 311 g/mol. The maximum absolute atomic E-state index is 12.1. The Bertz CT molecular complexity index is 518. The molecule has 1 saturated heterocycles. The largest absolute Gasteiger partial charge is 0.355 e.